The Morgan fingerprint density at radius 1 is 1.31 bits per heavy atom. The highest BCUT2D eigenvalue weighted by molar-refractivity contribution is 7.15. The van der Waals surface area contributed by atoms with Crippen LogP contribution in [0.15, 0.2) is 24.3 Å². The smallest absolute Gasteiger partial charge is 0.257 e. The molecular formula is C23H26FN2O5S-. The number of carbonyl (C=O) groups is 2. The lowest BCUT2D eigenvalue weighted by Crippen LogP contribution is -2.57. The Morgan fingerprint density at radius 2 is 2.00 bits per heavy atom. The average molecular weight is 462 g/mol. The van der Waals surface area contributed by atoms with Gasteiger partial charge in [-0.1, -0.05) is 13.8 Å². The summed E-state index contributed by atoms with van der Waals surface area (Å²) >= 11 is 1.27. The maximum atomic E-state index is 13.1. The quantitative estimate of drug-likeness (QED) is 0.627. The third-order valence-corrected chi connectivity index (χ3v) is 8.60. The fourth-order valence-electron chi connectivity index (χ4n) is 5.64. The number of aliphatic hydroxyl groups excluding tert-OH is 2. The zero-order valence-corrected chi connectivity index (χ0v) is 18.7. The first-order chi connectivity index (χ1) is 15.1. The van der Waals surface area contributed by atoms with Crippen LogP contribution in [0.2, 0.25) is 0 Å². The number of aliphatic carboxylic acids is 1. The fourth-order valence-corrected chi connectivity index (χ4v) is 6.70. The molecule has 2 aliphatic carbocycles. The van der Waals surface area contributed by atoms with E-state index in [1.54, 1.807) is 0 Å². The van der Waals surface area contributed by atoms with Crippen molar-refractivity contribution in [1.82, 2.24) is 4.98 Å². The summed E-state index contributed by atoms with van der Waals surface area (Å²) in [5.74, 6) is -2.70. The second-order valence-electron chi connectivity index (χ2n) is 9.40. The van der Waals surface area contributed by atoms with Crippen LogP contribution in [0.4, 0.5) is 9.52 Å². The van der Waals surface area contributed by atoms with Crippen molar-refractivity contribution in [2.24, 2.45) is 16.7 Å². The van der Waals surface area contributed by atoms with Crippen LogP contribution in [0, 0.1) is 22.6 Å². The lowest BCUT2D eigenvalue weighted by molar-refractivity contribution is -0.307. The summed E-state index contributed by atoms with van der Waals surface area (Å²) in [5.41, 5.74) is -0.376. The number of hydrogen-bond acceptors (Lipinski definition) is 7. The maximum absolute atomic E-state index is 13.1. The molecule has 1 aromatic carbocycles. The molecule has 9 heteroatoms. The Labute approximate surface area is 189 Å². The van der Waals surface area contributed by atoms with Crippen LogP contribution in [0.25, 0.3) is 0 Å². The summed E-state index contributed by atoms with van der Waals surface area (Å²) in [6, 6.07) is 5.15. The number of carboxylic acids is 1. The van der Waals surface area contributed by atoms with Crippen molar-refractivity contribution in [3.8, 4) is 0 Å². The standard InChI is InChI=1S/C23H27FN2O5S/c1-22-8-7-17(28)23(2,11-27)16(22)10-15-19(14(22)9-18(29)30)25-21(32-15)26-20(31)12-3-5-13(24)6-4-12/h3-6,14,16-17,27-28H,7-11H2,1-2H3,(H,29,30)(H,25,26,31)/p-1/t14-,16+,17-,22+,23+/m1/s1. The van der Waals surface area contributed by atoms with E-state index in [1.165, 1.54) is 35.6 Å². The number of thiazole rings is 1. The van der Waals surface area contributed by atoms with Crippen LogP contribution in [0.1, 0.15) is 60.0 Å². The molecule has 1 fully saturated rings. The van der Waals surface area contributed by atoms with Gasteiger partial charge in [-0.2, -0.15) is 0 Å². The van der Waals surface area contributed by atoms with Crippen molar-refractivity contribution in [2.45, 2.75) is 51.6 Å². The van der Waals surface area contributed by atoms with Gasteiger partial charge in [-0.05, 0) is 61.3 Å². The number of amides is 1. The minimum absolute atomic E-state index is 0.165. The van der Waals surface area contributed by atoms with E-state index in [2.05, 4.69) is 10.3 Å². The molecule has 1 amide bonds. The van der Waals surface area contributed by atoms with Crippen molar-refractivity contribution in [3.05, 3.63) is 46.2 Å². The van der Waals surface area contributed by atoms with Gasteiger partial charge in [0.2, 0.25) is 0 Å². The van der Waals surface area contributed by atoms with E-state index in [9.17, 15) is 29.3 Å². The molecule has 2 aliphatic rings. The molecule has 1 heterocycles. The van der Waals surface area contributed by atoms with Gasteiger partial charge in [0.1, 0.15) is 5.82 Å². The first-order valence-electron chi connectivity index (χ1n) is 10.6. The summed E-state index contributed by atoms with van der Waals surface area (Å²) in [6.45, 7) is 3.64. The van der Waals surface area contributed by atoms with Gasteiger partial charge in [-0.3, -0.25) is 10.1 Å². The van der Waals surface area contributed by atoms with E-state index in [0.29, 0.717) is 30.1 Å². The first-order valence-corrected chi connectivity index (χ1v) is 11.5. The second kappa shape index (κ2) is 8.20. The Bertz CT molecular complexity index is 1040. The van der Waals surface area contributed by atoms with Gasteiger partial charge >= 0.3 is 0 Å². The Kier molecular flexibility index (Phi) is 5.85. The highest BCUT2D eigenvalue weighted by Crippen LogP contribution is 2.62. The number of aromatic nitrogens is 1. The second-order valence-corrected chi connectivity index (χ2v) is 10.5. The number of fused-ring (bicyclic) bond motifs is 2. The highest BCUT2D eigenvalue weighted by atomic mass is 32.1. The van der Waals surface area contributed by atoms with Gasteiger partial charge in [-0.25, -0.2) is 9.37 Å². The zero-order valence-electron chi connectivity index (χ0n) is 17.9. The van der Waals surface area contributed by atoms with E-state index >= 15 is 0 Å². The van der Waals surface area contributed by atoms with Crippen LogP contribution < -0.4 is 10.4 Å². The largest absolute Gasteiger partial charge is 0.550 e. The molecule has 0 radical (unpaired) electrons. The Hall–Kier alpha value is -2.36. The lowest BCUT2D eigenvalue weighted by Gasteiger charge is -2.58. The van der Waals surface area contributed by atoms with Gasteiger partial charge < -0.3 is 20.1 Å². The molecule has 172 valence electrons. The zero-order chi connectivity index (χ0) is 23.3. The molecule has 7 nitrogen and oxygen atoms in total. The lowest BCUT2D eigenvalue weighted by atomic mass is 9.47. The number of nitrogens with zero attached hydrogens (tertiary/aromatic N) is 1. The predicted octanol–water partition coefficient (Wildman–Crippen LogP) is 2.09. The van der Waals surface area contributed by atoms with Crippen LogP contribution in [-0.2, 0) is 11.2 Å². The molecule has 0 saturated heterocycles. The molecule has 4 rings (SSSR count). The third-order valence-electron chi connectivity index (χ3n) is 7.59. The van der Waals surface area contributed by atoms with Gasteiger partial charge in [0.25, 0.3) is 5.91 Å². The Morgan fingerprint density at radius 3 is 2.62 bits per heavy atom. The van der Waals surface area contributed by atoms with Crippen LogP contribution in [0.3, 0.4) is 0 Å². The normalized spacial score (nSPS) is 31.5. The molecule has 0 aliphatic heterocycles. The van der Waals surface area contributed by atoms with Gasteiger partial charge in [0.15, 0.2) is 5.13 Å². The van der Waals surface area contributed by atoms with Gasteiger partial charge in [-0.15, -0.1) is 11.3 Å². The summed E-state index contributed by atoms with van der Waals surface area (Å²) in [7, 11) is 0. The number of rotatable bonds is 5. The molecular weight excluding hydrogens is 435 g/mol. The number of halogens is 1. The number of anilines is 1. The van der Waals surface area contributed by atoms with Crippen LogP contribution >= 0.6 is 11.3 Å². The number of benzene rings is 1. The molecule has 32 heavy (non-hydrogen) atoms. The Balaban J connectivity index is 1.71. The van der Waals surface area contributed by atoms with Gasteiger partial charge in [0.05, 0.1) is 18.4 Å². The molecule has 0 unspecified atom stereocenters. The third kappa shape index (κ3) is 3.72. The highest BCUT2D eigenvalue weighted by Gasteiger charge is 2.58. The van der Waals surface area contributed by atoms with Crippen molar-refractivity contribution in [3.63, 3.8) is 0 Å². The van der Waals surface area contributed by atoms with Crippen molar-refractivity contribution in [2.75, 3.05) is 11.9 Å². The summed E-state index contributed by atoms with van der Waals surface area (Å²) in [4.78, 5) is 29.6. The summed E-state index contributed by atoms with van der Waals surface area (Å²) < 4.78 is 13.1. The van der Waals surface area contributed by atoms with E-state index in [-0.39, 0.29) is 24.5 Å². The van der Waals surface area contributed by atoms with Crippen molar-refractivity contribution < 1.29 is 29.3 Å². The molecule has 1 saturated carbocycles. The summed E-state index contributed by atoms with van der Waals surface area (Å²) in [6.07, 6.45) is 0.656. The molecule has 1 aromatic heterocycles. The van der Waals surface area contributed by atoms with Gasteiger partial charge in [0, 0.05) is 27.7 Å². The van der Waals surface area contributed by atoms with E-state index < -0.39 is 40.5 Å². The van der Waals surface area contributed by atoms with Crippen molar-refractivity contribution in [1.29, 1.82) is 0 Å². The van der Waals surface area contributed by atoms with E-state index in [0.717, 1.165) is 4.88 Å². The number of carbonyl (C=O) groups excluding carboxylic acids is 2. The minimum atomic E-state index is -1.19. The average Bonchev–Trinajstić information content (AvgIpc) is 3.15. The number of hydrogen-bond donors (Lipinski definition) is 3. The molecule has 0 spiro atoms. The topological polar surface area (TPSA) is 123 Å². The number of carboxylic acid groups (broad SMARTS) is 1. The van der Waals surface area contributed by atoms with E-state index in [1.807, 2.05) is 13.8 Å². The van der Waals surface area contributed by atoms with E-state index in [4.69, 9.17) is 0 Å². The fraction of sp³-hybridized carbons (Fsp3) is 0.522. The monoisotopic (exact) mass is 461 g/mol. The SMILES string of the molecule is C[C@]1(CO)[C@H]2Cc3sc(NC(=O)c4ccc(F)cc4)nc3[C@@H](CC(=O)[O-])[C@]2(C)CC[C@H]1O. The minimum Gasteiger partial charge on any atom is -0.550 e. The number of aliphatic hydroxyl groups is 2. The summed E-state index contributed by atoms with van der Waals surface area (Å²) in [5, 5.41) is 35.6. The maximum Gasteiger partial charge on any atom is 0.257 e. The molecule has 2 aromatic rings. The molecule has 0 bridgehead atoms. The van der Waals surface area contributed by atoms with Crippen molar-refractivity contribution >= 4 is 28.3 Å². The molecule has 3 N–H and O–H groups in total. The first kappa shape index (κ1) is 22.8. The predicted molar refractivity (Wildman–Crippen MR) is 115 cm³/mol. The number of nitrogens with one attached hydrogen (secondary N) is 1. The molecule has 5 atom stereocenters. The van der Waals surface area contributed by atoms with Crippen LogP contribution in [-0.4, -0.2) is 39.8 Å². The van der Waals surface area contributed by atoms with Crippen LogP contribution in [0.5, 0.6) is 0 Å².